The Morgan fingerprint density at radius 2 is 1.19 bits per heavy atom. The fourth-order valence-corrected chi connectivity index (χ4v) is 4.78. The van der Waals surface area contributed by atoms with E-state index in [9.17, 15) is 0 Å². The minimum absolute atomic E-state index is 0.737. The van der Waals surface area contributed by atoms with Gasteiger partial charge in [-0.3, -0.25) is 0 Å². The molecule has 3 aromatic rings. The number of thiophene rings is 1. The summed E-state index contributed by atoms with van der Waals surface area (Å²) >= 11 is 5.37. The molecular formula is C21H21BrO3S. The van der Waals surface area contributed by atoms with Crippen molar-refractivity contribution in [2.24, 2.45) is 0 Å². The molecule has 0 aliphatic rings. The number of ether oxygens (including phenoxy) is 3. The highest BCUT2D eigenvalue weighted by molar-refractivity contribution is 9.10. The van der Waals surface area contributed by atoms with Crippen LogP contribution in [0.4, 0.5) is 0 Å². The third kappa shape index (κ3) is 3.33. The van der Waals surface area contributed by atoms with Gasteiger partial charge in [0.05, 0.1) is 25.8 Å². The van der Waals surface area contributed by atoms with Gasteiger partial charge in [-0.1, -0.05) is 0 Å². The molecule has 3 nitrogen and oxygen atoms in total. The highest BCUT2D eigenvalue weighted by atomic mass is 79.9. The van der Waals surface area contributed by atoms with E-state index in [1.807, 2.05) is 18.2 Å². The molecule has 0 spiro atoms. The van der Waals surface area contributed by atoms with Crippen molar-refractivity contribution in [1.29, 1.82) is 0 Å². The lowest BCUT2D eigenvalue weighted by molar-refractivity contribution is 0.355. The highest BCUT2D eigenvalue weighted by Gasteiger charge is 2.17. The Kier molecular flexibility index (Phi) is 5.58. The van der Waals surface area contributed by atoms with Crippen molar-refractivity contribution >= 4 is 27.3 Å². The molecule has 0 radical (unpaired) electrons. The Balaban J connectivity index is 2.09. The van der Waals surface area contributed by atoms with Crippen molar-refractivity contribution in [1.82, 2.24) is 0 Å². The Bertz CT molecular complexity index is 947. The number of benzene rings is 2. The van der Waals surface area contributed by atoms with Crippen LogP contribution in [-0.4, -0.2) is 21.3 Å². The molecule has 0 saturated carbocycles. The smallest absolute Gasteiger partial charge is 0.161 e. The van der Waals surface area contributed by atoms with Gasteiger partial charge in [-0.05, 0) is 88.4 Å². The first kappa shape index (κ1) is 18.8. The van der Waals surface area contributed by atoms with Gasteiger partial charge in [0.25, 0.3) is 0 Å². The van der Waals surface area contributed by atoms with Crippen LogP contribution in [0.2, 0.25) is 0 Å². The van der Waals surface area contributed by atoms with E-state index in [2.05, 4.69) is 48.0 Å². The monoisotopic (exact) mass is 432 g/mol. The average molecular weight is 433 g/mol. The Hall–Kier alpha value is -1.98. The van der Waals surface area contributed by atoms with Gasteiger partial charge in [0.2, 0.25) is 0 Å². The summed E-state index contributed by atoms with van der Waals surface area (Å²) < 4.78 is 17.1. The molecular weight excluding hydrogens is 412 g/mol. The summed E-state index contributed by atoms with van der Waals surface area (Å²) in [7, 11) is 4.99. The van der Waals surface area contributed by atoms with Crippen LogP contribution in [0.3, 0.4) is 0 Å². The van der Waals surface area contributed by atoms with Crippen LogP contribution in [-0.2, 0) is 0 Å². The molecule has 0 fully saturated rings. The number of rotatable bonds is 5. The molecule has 0 aliphatic heterocycles. The van der Waals surface area contributed by atoms with E-state index in [0.29, 0.717) is 0 Å². The van der Waals surface area contributed by atoms with Crippen LogP contribution < -0.4 is 14.2 Å². The zero-order chi connectivity index (χ0) is 18.8. The largest absolute Gasteiger partial charge is 0.496 e. The van der Waals surface area contributed by atoms with Crippen LogP contribution in [0.1, 0.15) is 11.1 Å². The first-order chi connectivity index (χ1) is 12.5. The molecule has 0 amide bonds. The summed E-state index contributed by atoms with van der Waals surface area (Å²) in [6, 6.07) is 12.3. The van der Waals surface area contributed by atoms with Gasteiger partial charge in [0.1, 0.15) is 5.75 Å². The second-order valence-electron chi connectivity index (χ2n) is 5.93. The van der Waals surface area contributed by atoms with Gasteiger partial charge < -0.3 is 14.2 Å². The van der Waals surface area contributed by atoms with Crippen LogP contribution in [0.25, 0.3) is 20.9 Å². The van der Waals surface area contributed by atoms with Crippen LogP contribution in [0.15, 0.2) is 40.9 Å². The molecule has 136 valence electrons. The molecule has 0 unspecified atom stereocenters. The van der Waals surface area contributed by atoms with Gasteiger partial charge in [-0.15, -0.1) is 11.3 Å². The van der Waals surface area contributed by atoms with Gasteiger partial charge in [-0.25, -0.2) is 0 Å². The summed E-state index contributed by atoms with van der Waals surface area (Å²) in [6.45, 7) is 4.34. The van der Waals surface area contributed by atoms with Crippen molar-refractivity contribution in [3.63, 3.8) is 0 Å². The first-order valence-corrected chi connectivity index (χ1v) is 9.77. The van der Waals surface area contributed by atoms with Crippen molar-refractivity contribution in [2.45, 2.75) is 13.8 Å². The number of halogens is 1. The van der Waals surface area contributed by atoms with Crippen molar-refractivity contribution in [3.05, 3.63) is 52.0 Å². The van der Waals surface area contributed by atoms with Crippen LogP contribution in [0.5, 0.6) is 17.2 Å². The van der Waals surface area contributed by atoms with E-state index < -0.39 is 0 Å². The van der Waals surface area contributed by atoms with Gasteiger partial charge in [0.15, 0.2) is 11.5 Å². The van der Waals surface area contributed by atoms with Crippen molar-refractivity contribution in [3.8, 4) is 38.1 Å². The lowest BCUT2D eigenvalue weighted by Gasteiger charge is -2.09. The number of hydrogen-bond donors (Lipinski definition) is 0. The van der Waals surface area contributed by atoms with Crippen molar-refractivity contribution in [2.75, 3.05) is 21.3 Å². The molecule has 0 bridgehead atoms. The molecule has 0 N–H and O–H groups in total. The summed E-state index contributed by atoms with van der Waals surface area (Å²) in [5.41, 5.74) is 4.88. The normalized spacial score (nSPS) is 10.7. The topological polar surface area (TPSA) is 27.7 Å². The van der Waals surface area contributed by atoms with E-state index in [1.54, 1.807) is 32.7 Å². The summed E-state index contributed by atoms with van der Waals surface area (Å²) in [6.07, 6.45) is 0. The van der Waals surface area contributed by atoms with Gasteiger partial charge in [-0.2, -0.15) is 0 Å². The maximum atomic E-state index is 5.46. The third-order valence-corrected chi connectivity index (χ3v) is 6.62. The molecule has 1 aromatic heterocycles. The number of hydrogen-bond acceptors (Lipinski definition) is 4. The zero-order valence-corrected chi connectivity index (χ0v) is 17.9. The fraction of sp³-hybridized carbons (Fsp3) is 0.238. The van der Waals surface area contributed by atoms with E-state index >= 15 is 0 Å². The molecule has 5 heteroatoms. The maximum Gasteiger partial charge on any atom is 0.161 e. The lowest BCUT2D eigenvalue weighted by atomic mass is 10.0. The van der Waals surface area contributed by atoms with Crippen molar-refractivity contribution < 1.29 is 14.2 Å². The van der Waals surface area contributed by atoms with E-state index in [0.717, 1.165) is 27.3 Å². The second kappa shape index (κ2) is 7.72. The zero-order valence-electron chi connectivity index (χ0n) is 15.5. The Morgan fingerprint density at radius 1 is 0.692 bits per heavy atom. The molecule has 1 heterocycles. The molecule has 0 atom stereocenters. The SMILES string of the molecule is COc1ccc(-c2sc(-c3ccc(OC)c(OC)c3)c(C)c2C)cc1Br. The van der Waals surface area contributed by atoms with Gasteiger partial charge in [0, 0.05) is 9.75 Å². The molecule has 0 aliphatic carbocycles. The van der Waals surface area contributed by atoms with Gasteiger partial charge >= 0.3 is 0 Å². The Morgan fingerprint density at radius 3 is 1.69 bits per heavy atom. The molecule has 26 heavy (non-hydrogen) atoms. The average Bonchev–Trinajstić information content (AvgIpc) is 2.96. The number of methoxy groups -OCH3 is 3. The Labute approximate surface area is 166 Å². The van der Waals surface area contributed by atoms with Crippen LogP contribution >= 0.6 is 27.3 Å². The predicted octanol–water partition coefficient (Wildman–Crippen LogP) is 6.49. The third-order valence-electron chi connectivity index (χ3n) is 4.51. The predicted molar refractivity (Wildman–Crippen MR) is 112 cm³/mol. The molecule has 2 aromatic carbocycles. The summed E-state index contributed by atoms with van der Waals surface area (Å²) in [4.78, 5) is 2.50. The second-order valence-corrected chi connectivity index (χ2v) is 7.80. The van der Waals surface area contributed by atoms with E-state index in [1.165, 1.54) is 26.4 Å². The van der Waals surface area contributed by atoms with E-state index in [4.69, 9.17) is 14.2 Å². The lowest BCUT2D eigenvalue weighted by Crippen LogP contribution is -1.90. The summed E-state index contributed by atoms with van der Waals surface area (Å²) in [5.74, 6) is 2.31. The molecule has 0 saturated heterocycles. The minimum atomic E-state index is 0.737. The first-order valence-electron chi connectivity index (χ1n) is 8.16. The van der Waals surface area contributed by atoms with Crippen LogP contribution in [0, 0.1) is 13.8 Å². The molecule has 3 rings (SSSR count). The minimum Gasteiger partial charge on any atom is -0.496 e. The highest BCUT2D eigenvalue weighted by Crippen LogP contribution is 2.44. The summed E-state index contributed by atoms with van der Waals surface area (Å²) in [5, 5.41) is 0. The fourth-order valence-electron chi connectivity index (χ4n) is 2.93. The maximum absolute atomic E-state index is 5.46. The van der Waals surface area contributed by atoms with E-state index in [-0.39, 0.29) is 0 Å². The standard InChI is InChI=1S/C21H21BrO3S/c1-12-13(2)21(15-7-9-18(24-4)19(11-15)25-5)26-20(12)14-6-8-17(23-3)16(22)10-14/h6-11H,1-5H3. The quantitative estimate of drug-likeness (QED) is 0.461.